The molecule has 0 spiro atoms. The first kappa shape index (κ1) is 21.0. The molecule has 0 aliphatic carbocycles. The van der Waals surface area contributed by atoms with E-state index < -0.39 is 12.1 Å². The fraction of sp³-hybridized carbons (Fsp3) is 0.524. The van der Waals surface area contributed by atoms with Gasteiger partial charge in [0.1, 0.15) is 6.04 Å². The molecule has 27 heavy (non-hydrogen) atoms. The lowest BCUT2D eigenvalue weighted by molar-refractivity contribution is -0.136. The Morgan fingerprint density at radius 1 is 1.15 bits per heavy atom. The Hall–Kier alpha value is -2.34. The van der Waals surface area contributed by atoms with Crippen molar-refractivity contribution in [1.82, 2.24) is 15.1 Å². The maximum absolute atomic E-state index is 12.8. The first-order valence-corrected chi connectivity index (χ1v) is 9.67. The van der Waals surface area contributed by atoms with Gasteiger partial charge >= 0.3 is 6.09 Å². The summed E-state index contributed by atoms with van der Waals surface area (Å²) < 4.78 is 4.92. The number of nitrogens with zero attached hydrogens (tertiary/aromatic N) is 2. The van der Waals surface area contributed by atoms with E-state index in [4.69, 9.17) is 4.74 Å². The molecule has 148 valence electrons. The van der Waals surface area contributed by atoms with E-state index in [0.717, 1.165) is 19.6 Å². The molecule has 0 aromatic heterocycles. The van der Waals surface area contributed by atoms with Crippen LogP contribution in [0.15, 0.2) is 36.4 Å². The minimum atomic E-state index is -0.548. The summed E-state index contributed by atoms with van der Waals surface area (Å²) in [6.07, 6.45) is 3.75. The van der Waals surface area contributed by atoms with Crippen molar-refractivity contribution >= 4 is 18.1 Å². The topological polar surface area (TPSA) is 61.9 Å². The zero-order valence-electron chi connectivity index (χ0n) is 16.6. The fourth-order valence-corrected chi connectivity index (χ4v) is 3.06. The molecule has 6 nitrogen and oxygen atoms in total. The Bertz CT molecular complexity index is 623. The Morgan fingerprint density at radius 3 is 2.41 bits per heavy atom. The molecule has 1 atom stereocenters. The summed E-state index contributed by atoms with van der Waals surface area (Å²) in [6, 6.07) is 9.67. The molecule has 2 rings (SSSR count). The van der Waals surface area contributed by atoms with Gasteiger partial charge in [0.2, 0.25) is 5.91 Å². The minimum Gasteiger partial charge on any atom is -0.450 e. The van der Waals surface area contributed by atoms with Gasteiger partial charge in [-0.2, -0.15) is 0 Å². The number of carbonyl (C=O) groups excluding carboxylic acids is 2. The summed E-state index contributed by atoms with van der Waals surface area (Å²) in [5.74, 6) is -0.0220. The van der Waals surface area contributed by atoms with Gasteiger partial charge in [-0.15, -0.1) is 0 Å². The third-order valence-corrected chi connectivity index (χ3v) is 4.64. The summed E-state index contributed by atoms with van der Waals surface area (Å²) >= 11 is 0. The normalized spacial score (nSPS) is 16.5. The number of rotatable bonds is 7. The third kappa shape index (κ3) is 6.71. The number of carbonyl (C=O) groups is 2. The predicted molar refractivity (Wildman–Crippen MR) is 107 cm³/mol. The van der Waals surface area contributed by atoms with Crippen LogP contribution in [0.4, 0.5) is 4.79 Å². The van der Waals surface area contributed by atoms with Crippen molar-refractivity contribution in [3.05, 3.63) is 42.0 Å². The van der Waals surface area contributed by atoms with Crippen molar-refractivity contribution in [3.63, 3.8) is 0 Å². The molecule has 0 bridgehead atoms. The standard InChI is InChI=1S/C21H31N3O3/c1-4-27-21(26)22-19(17(2)3)20(25)24-15-13-23(14-16-24)12-8-11-18-9-6-5-7-10-18/h5-11,17,19H,4,12-16H2,1-3H3,(H,22,26)/b11-8+. The number of hydrogen-bond acceptors (Lipinski definition) is 4. The van der Waals surface area contributed by atoms with Gasteiger partial charge in [0.15, 0.2) is 0 Å². The molecule has 1 aromatic carbocycles. The number of piperazine rings is 1. The van der Waals surface area contributed by atoms with Crippen molar-refractivity contribution < 1.29 is 14.3 Å². The van der Waals surface area contributed by atoms with E-state index in [1.165, 1.54) is 5.56 Å². The first-order chi connectivity index (χ1) is 13.0. The van der Waals surface area contributed by atoms with Gasteiger partial charge in [0, 0.05) is 32.7 Å². The van der Waals surface area contributed by atoms with Crippen LogP contribution in [0.2, 0.25) is 0 Å². The number of alkyl carbamates (subject to hydrolysis) is 1. The maximum atomic E-state index is 12.8. The number of ether oxygens (including phenoxy) is 1. The zero-order valence-corrected chi connectivity index (χ0v) is 16.6. The highest BCUT2D eigenvalue weighted by atomic mass is 16.5. The van der Waals surface area contributed by atoms with E-state index >= 15 is 0 Å². The molecule has 1 saturated heterocycles. The van der Waals surface area contributed by atoms with E-state index in [1.54, 1.807) is 6.92 Å². The summed E-state index contributed by atoms with van der Waals surface area (Å²) in [4.78, 5) is 28.7. The van der Waals surface area contributed by atoms with Crippen molar-refractivity contribution in [2.75, 3.05) is 39.3 Å². The van der Waals surface area contributed by atoms with Gasteiger partial charge in [-0.05, 0) is 18.4 Å². The van der Waals surface area contributed by atoms with Crippen molar-refractivity contribution in [1.29, 1.82) is 0 Å². The smallest absolute Gasteiger partial charge is 0.407 e. The second-order valence-corrected chi connectivity index (χ2v) is 7.03. The van der Waals surface area contributed by atoms with Crippen molar-refractivity contribution in [2.45, 2.75) is 26.8 Å². The molecule has 0 radical (unpaired) electrons. The molecule has 2 amide bonds. The molecule has 0 saturated carbocycles. The lowest BCUT2D eigenvalue weighted by Crippen LogP contribution is -2.56. The Labute approximate surface area is 162 Å². The van der Waals surface area contributed by atoms with Gasteiger partial charge in [-0.1, -0.05) is 56.3 Å². The van der Waals surface area contributed by atoms with E-state index in [0.29, 0.717) is 19.7 Å². The van der Waals surface area contributed by atoms with Crippen molar-refractivity contribution in [2.24, 2.45) is 5.92 Å². The van der Waals surface area contributed by atoms with Crippen LogP contribution < -0.4 is 5.32 Å². The SMILES string of the molecule is CCOC(=O)NC(C(=O)N1CCN(C/C=C/c2ccccc2)CC1)C(C)C. The Kier molecular flexibility index (Phi) is 8.33. The van der Waals surface area contributed by atoms with Crippen LogP contribution in [0, 0.1) is 5.92 Å². The highest BCUT2D eigenvalue weighted by Gasteiger charge is 2.30. The van der Waals surface area contributed by atoms with Crippen molar-refractivity contribution in [3.8, 4) is 0 Å². The monoisotopic (exact) mass is 373 g/mol. The van der Waals surface area contributed by atoms with Gasteiger partial charge in [-0.3, -0.25) is 9.69 Å². The highest BCUT2D eigenvalue weighted by molar-refractivity contribution is 5.86. The number of benzene rings is 1. The summed E-state index contributed by atoms with van der Waals surface area (Å²) in [7, 11) is 0. The Morgan fingerprint density at radius 2 is 1.81 bits per heavy atom. The van der Waals surface area contributed by atoms with Crippen LogP contribution in [0.1, 0.15) is 26.3 Å². The summed E-state index contributed by atoms with van der Waals surface area (Å²) in [5, 5.41) is 2.70. The number of amides is 2. The number of hydrogen-bond donors (Lipinski definition) is 1. The van der Waals surface area contributed by atoms with E-state index in [1.807, 2.05) is 36.9 Å². The molecular weight excluding hydrogens is 342 g/mol. The van der Waals surface area contributed by atoms with Gasteiger partial charge < -0.3 is 15.0 Å². The zero-order chi connectivity index (χ0) is 19.6. The minimum absolute atomic E-state index is 0.00809. The Balaban J connectivity index is 1.81. The predicted octanol–water partition coefficient (Wildman–Crippen LogP) is 2.61. The molecule has 1 N–H and O–H groups in total. The number of nitrogens with one attached hydrogen (secondary N) is 1. The van der Waals surface area contributed by atoms with Gasteiger partial charge in [0.25, 0.3) is 0 Å². The summed E-state index contributed by atoms with van der Waals surface area (Å²) in [6.45, 7) is 9.77. The van der Waals surface area contributed by atoms with Gasteiger partial charge in [0.05, 0.1) is 6.61 Å². The molecule has 1 aromatic rings. The van der Waals surface area contributed by atoms with Crippen LogP contribution in [0.25, 0.3) is 6.08 Å². The van der Waals surface area contributed by atoms with Crippen LogP contribution >= 0.6 is 0 Å². The highest BCUT2D eigenvalue weighted by Crippen LogP contribution is 2.10. The second-order valence-electron chi connectivity index (χ2n) is 7.03. The lowest BCUT2D eigenvalue weighted by atomic mass is 10.0. The average Bonchev–Trinajstić information content (AvgIpc) is 2.67. The molecule has 1 fully saturated rings. The molecule has 1 aliphatic rings. The second kappa shape index (κ2) is 10.7. The molecular formula is C21H31N3O3. The molecule has 1 heterocycles. The quantitative estimate of drug-likeness (QED) is 0.798. The first-order valence-electron chi connectivity index (χ1n) is 9.67. The van der Waals surface area contributed by atoms with Crippen LogP contribution in [0.5, 0.6) is 0 Å². The average molecular weight is 373 g/mol. The van der Waals surface area contributed by atoms with Crippen LogP contribution in [-0.4, -0.2) is 67.2 Å². The molecule has 1 unspecified atom stereocenters. The maximum Gasteiger partial charge on any atom is 0.407 e. The van der Waals surface area contributed by atoms with Crippen LogP contribution in [0.3, 0.4) is 0 Å². The largest absolute Gasteiger partial charge is 0.450 e. The summed E-state index contributed by atoms with van der Waals surface area (Å²) in [5.41, 5.74) is 1.19. The van der Waals surface area contributed by atoms with Gasteiger partial charge in [-0.25, -0.2) is 4.79 Å². The molecule has 6 heteroatoms. The van der Waals surface area contributed by atoms with Crippen LogP contribution in [-0.2, 0) is 9.53 Å². The fourth-order valence-electron chi connectivity index (χ4n) is 3.06. The lowest BCUT2D eigenvalue weighted by Gasteiger charge is -2.36. The van der Waals surface area contributed by atoms with E-state index in [2.05, 4.69) is 34.5 Å². The van der Waals surface area contributed by atoms with E-state index in [9.17, 15) is 9.59 Å². The van der Waals surface area contributed by atoms with E-state index in [-0.39, 0.29) is 11.8 Å². The molecule has 1 aliphatic heterocycles. The third-order valence-electron chi connectivity index (χ3n) is 4.64.